The van der Waals surface area contributed by atoms with Crippen LogP contribution in [0.2, 0.25) is 0 Å². The van der Waals surface area contributed by atoms with E-state index in [4.69, 9.17) is 0 Å². The number of rotatable bonds is 5. The molecular formula is C21H23N3O3S. The van der Waals surface area contributed by atoms with Gasteiger partial charge in [0.2, 0.25) is 0 Å². The van der Waals surface area contributed by atoms with E-state index in [0.29, 0.717) is 0 Å². The first kappa shape index (κ1) is 18.8. The van der Waals surface area contributed by atoms with E-state index in [0.717, 1.165) is 28.3 Å². The van der Waals surface area contributed by atoms with Crippen LogP contribution in [0.5, 0.6) is 0 Å². The van der Waals surface area contributed by atoms with Gasteiger partial charge in [0.25, 0.3) is 0 Å². The molecule has 6 nitrogen and oxygen atoms in total. The molecule has 0 bridgehead atoms. The minimum absolute atomic E-state index is 0.0361. The van der Waals surface area contributed by atoms with Crippen LogP contribution in [0.4, 0.5) is 4.79 Å². The number of thiophene rings is 1. The first-order chi connectivity index (χ1) is 13.5. The second-order valence-corrected chi connectivity index (χ2v) is 8.64. The maximum absolute atomic E-state index is 12.8. The number of benzene rings is 1. The number of amides is 4. The lowest BCUT2D eigenvalue weighted by atomic mass is 9.94. The van der Waals surface area contributed by atoms with Crippen LogP contribution in [0.25, 0.3) is 0 Å². The monoisotopic (exact) mass is 397 g/mol. The Bertz CT molecular complexity index is 909. The van der Waals surface area contributed by atoms with E-state index in [2.05, 4.69) is 28.5 Å². The van der Waals surface area contributed by atoms with Crippen LogP contribution in [-0.2, 0) is 16.0 Å². The van der Waals surface area contributed by atoms with E-state index in [-0.39, 0.29) is 25.2 Å². The standard InChI is InChI=1S/C21H23N3O3S/c1-14(2)12-23-19(25)20(26)24(21(23)27)13-22-10-8-17-16(9-11-28-17)18(22)15-6-4-3-5-7-15/h3-7,9,11,14,18H,8,10,12-13H2,1-2H3. The molecule has 146 valence electrons. The maximum Gasteiger partial charge on any atom is 0.335 e. The van der Waals surface area contributed by atoms with Crippen molar-refractivity contribution < 1.29 is 14.4 Å². The molecule has 0 spiro atoms. The van der Waals surface area contributed by atoms with Gasteiger partial charge in [0.15, 0.2) is 0 Å². The molecule has 0 saturated carbocycles. The molecule has 2 aliphatic rings. The topological polar surface area (TPSA) is 60.9 Å². The van der Waals surface area contributed by atoms with Crippen molar-refractivity contribution in [2.45, 2.75) is 26.3 Å². The Morgan fingerprint density at radius 3 is 2.46 bits per heavy atom. The third kappa shape index (κ3) is 3.25. The predicted molar refractivity (Wildman–Crippen MR) is 107 cm³/mol. The van der Waals surface area contributed by atoms with E-state index in [1.165, 1.54) is 10.4 Å². The Labute approximate surface area is 168 Å². The quantitative estimate of drug-likeness (QED) is 0.575. The molecule has 2 aromatic rings. The number of carbonyl (C=O) groups excluding carboxylic acids is 3. The van der Waals surface area contributed by atoms with Gasteiger partial charge in [0.1, 0.15) is 0 Å². The molecule has 1 aromatic heterocycles. The Hall–Kier alpha value is -2.51. The predicted octanol–water partition coefficient (Wildman–Crippen LogP) is 3.10. The third-order valence-electron chi connectivity index (χ3n) is 5.19. The van der Waals surface area contributed by atoms with E-state index >= 15 is 0 Å². The zero-order valence-electron chi connectivity index (χ0n) is 16.0. The van der Waals surface area contributed by atoms with Crippen molar-refractivity contribution in [1.82, 2.24) is 14.7 Å². The summed E-state index contributed by atoms with van der Waals surface area (Å²) in [6.07, 6.45) is 0.871. The average molecular weight is 398 g/mol. The largest absolute Gasteiger partial charge is 0.335 e. The van der Waals surface area contributed by atoms with Gasteiger partial charge in [-0.25, -0.2) is 9.69 Å². The van der Waals surface area contributed by atoms with Crippen LogP contribution < -0.4 is 0 Å². The molecular weight excluding hydrogens is 374 g/mol. The highest BCUT2D eigenvalue weighted by molar-refractivity contribution is 7.10. The van der Waals surface area contributed by atoms with Crippen LogP contribution in [0.15, 0.2) is 41.8 Å². The van der Waals surface area contributed by atoms with Crippen LogP contribution in [0.1, 0.15) is 35.9 Å². The molecule has 0 radical (unpaired) electrons. The highest BCUT2D eigenvalue weighted by Gasteiger charge is 2.46. The second-order valence-electron chi connectivity index (χ2n) is 7.64. The maximum atomic E-state index is 12.8. The van der Waals surface area contributed by atoms with Gasteiger partial charge in [0.05, 0.1) is 12.7 Å². The number of urea groups is 1. The van der Waals surface area contributed by atoms with Gasteiger partial charge in [-0.15, -0.1) is 11.3 Å². The molecule has 4 rings (SSSR count). The van der Waals surface area contributed by atoms with E-state index < -0.39 is 17.8 Å². The molecule has 0 N–H and O–H groups in total. The van der Waals surface area contributed by atoms with Gasteiger partial charge < -0.3 is 0 Å². The molecule has 1 saturated heterocycles. The lowest BCUT2D eigenvalue weighted by Gasteiger charge is -2.37. The van der Waals surface area contributed by atoms with E-state index in [1.54, 1.807) is 11.3 Å². The molecule has 3 heterocycles. The summed E-state index contributed by atoms with van der Waals surface area (Å²) in [5, 5.41) is 2.09. The third-order valence-corrected chi connectivity index (χ3v) is 6.18. The van der Waals surface area contributed by atoms with Crippen molar-refractivity contribution in [2.24, 2.45) is 5.92 Å². The number of hydrogen-bond acceptors (Lipinski definition) is 5. The minimum atomic E-state index is -0.728. The number of hydrogen-bond donors (Lipinski definition) is 0. The highest BCUT2D eigenvalue weighted by atomic mass is 32.1. The Kier molecular flexibility index (Phi) is 5.03. The minimum Gasteiger partial charge on any atom is -0.274 e. The Morgan fingerprint density at radius 2 is 1.75 bits per heavy atom. The van der Waals surface area contributed by atoms with Crippen molar-refractivity contribution in [3.05, 3.63) is 57.8 Å². The van der Waals surface area contributed by atoms with Gasteiger partial charge in [-0.3, -0.25) is 19.4 Å². The van der Waals surface area contributed by atoms with Crippen LogP contribution in [-0.4, -0.2) is 52.3 Å². The number of imide groups is 2. The van der Waals surface area contributed by atoms with Gasteiger partial charge in [-0.1, -0.05) is 44.2 Å². The molecule has 4 amide bonds. The summed E-state index contributed by atoms with van der Waals surface area (Å²) in [5.74, 6) is -1.34. The van der Waals surface area contributed by atoms with Crippen molar-refractivity contribution >= 4 is 29.2 Å². The summed E-state index contributed by atoms with van der Waals surface area (Å²) in [6, 6.07) is 11.7. The van der Waals surface area contributed by atoms with Crippen molar-refractivity contribution in [1.29, 1.82) is 0 Å². The summed E-state index contributed by atoms with van der Waals surface area (Å²) in [6.45, 7) is 4.94. The second kappa shape index (κ2) is 7.48. The van der Waals surface area contributed by atoms with Crippen LogP contribution >= 0.6 is 11.3 Å². The smallest absolute Gasteiger partial charge is 0.274 e. The molecule has 1 fully saturated rings. The van der Waals surface area contributed by atoms with Gasteiger partial charge in [-0.2, -0.15) is 0 Å². The first-order valence-electron chi connectivity index (χ1n) is 9.50. The fraction of sp³-hybridized carbons (Fsp3) is 0.381. The lowest BCUT2D eigenvalue weighted by Crippen LogP contribution is -2.46. The summed E-state index contributed by atoms with van der Waals surface area (Å²) in [7, 11) is 0. The van der Waals surface area contributed by atoms with Crippen LogP contribution in [0, 0.1) is 5.92 Å². The van der Waals surface area contributed by atoms with Crippen molar-refractivity contribution in [3.8, 4) is 0 Å². The van der Waals surface area contributed by atoms with Crippen LogP contribution in [0.3, 0.4) is 0 Å². The Balaban J connectivity index is 1.62. The first-order valence-corrected chi connectivity index (χ1v) is 10.4. The molecule has 1 unspecified atom stereocenters. The molecule has 0 aliphatic carbocycles. The van der Waals surface area contributed by atoms with Gasteiger partial charge in [-0.05, 0) is 34.9 Å². The normalized spacial score (nSPS) is 20.4. The molecule has 28 heavy (non-hydrogen) atoms. The molecule has 1 aromatic carbocycles. The highest BCUT2D eigenvalue weighted by Crippen LogP contribution is 2.38. The molecule has 7 heteroatoms. The van der Waals surface area contributed by atoms with Crippen molar-refractivity contribution in [2.75, 3.05) is 19.8 Å². The molecule has 1 atom stereocenters. The SMILES string of the molecule is CC(C)CN1C(=O)C(=O)N(CN2CCc3sccc3C2c2ccccc2)C1=O. The fourth-order valence-electron chi connectivity index (χ4n) is 3.93. The Morgan fingerprint density at radius 1 is 1.04 bits per heavy atom. The molecule has 2 aliphatic heterocycles. The number of nitrogens with zero attached hydrogens (tertiary/aromatic N) is 3. The summed E-state index contributed by atoms with van der Waals surface area (Å²) >= 11 is 1.74. The summed E-state index contributed by atoms with van der Waals surface area (Å²) < 4.78 is 0. The number of carbonyl (C=O) groups is 3. The van der Waals surface area contributed by atoms with E-state index in [9.17, 15) is 14.4 Å². The average Bonchev–Trinajstić information content (AvgIpc) is 3.23. The number of fused-ring (bicyclic) bond motifs is 1. The summed E-state index contributed by atoms with van der Waals surface area (Å²) in [5.41, 5.74) is 2.33. The fourth-order valence-corrected chi connectivity index (χ4v) is 4.83. The summed E-state index contributed by atoms with van der Waals surface area (Å²) in [4.78, 5) is 43.2. The van der Waals surface area contributed by atoms with Gasteiger partial charge in [0, 0.05) is 18.0 Å². The van der Waals surface area contributed by atoms with E-state index in [1.807, 2.05) is 32.0 Å². The lowest BCUT2D eigenvalue weighted by molar-refractivity contribution is -0.144. The van der Waals surface area contributed by atoms with Crippen molar-refractivity contribution in [3.63, 3.8) is 0 Å². The zero-order chi connectivity index (χ0) is 19.8. The van der Waals surface area contributed by atoms with Gasteiger partial charge >= 0.3 is 17.8 Å². The zero-order valence-corrected chi connectivity index (χ0v) is 16.8.